The largest absolute Gasteiger partial charge is 0.310 e. The summed E-state index contributed by atoms with van der Waals surface area (Å²) >= 11 is 0. The second-order valence-electron chi connectivity index (χ2n) is 10.5. The van der Waals surface area contributed by atoms with E-state index in [2.05, 4.69) is 17.5 Å². The van der Waals surface area contributed by atoms with Crippen molar-refractivity contribution >= 4 is 28.7 Å². The summed E-state index contributed by atoms with van der Waals surface area (Å²) in [6.45, 7) is 2.51. The number of carbonyl (C=O) groups excluding carboxylic acids is 2. The van der Waals surface area contributed by atoms with Gasteiger partial charge in [0.2, 0.25) is 5.95 Å². The van der Waals surface area contributed by atoms with Gasteiger partial charge in [0.05, 0.1) is 34.3 Å². The number of nitriles is 2. The molecule has 0 saturated heterocycles. The van der Waals surface area contributed by atoms with E-state index in [1.165, 1.54) is 6.42 Å². The molecule has 0 aliphatic heterocycles. The molecule has 1 amide bonds. The van der Waals surface area contributed by atoms with Crippen LogP contribution in [0.15, 0.2) is 66.7 Å². The first-order valence-corrected chi connectivity index (χ1v) is 13.8. The molecule has 1 heterocycles. The number of hydrogen-bond donors (Lipinski definition) is 1. The van der Waals surface area contributed by atoms with Crippen LogP contribution in [0.1, 0.15) is 77.6 Å². The van der Waals surface area contributed by atoms with Crippen molar-refractivity contribution in [1.29, 1.82) is 10.5 Å². The third-order valence-electron chi connectivity index (χ3n) is 7.89. The lowest BCUT2D eigenvalue weighted by Gasteiger charge is -2.23. The minimum atomic E-state index is -0.325. The predicted molar refractivity (Wildman–Crippen MR) is 154 cm³/mol. The zero-order valence-corrected chi connectivity index (χ0v) is 22.6. The Bertz CT molecular complexity index is 1630. The first kappa shape index (κ1) is 26.8. The van der Waals surface area contributed by atoms with Crippen LogP contribution >= 0.6 is 0 Å². The Labute approximate surface area is 234 Å². The van der Waals surface area contributed by atoms with Crippen molar-refractivity contribution in [3.8, 4) is 12.1 Å². The van der Waals surface area contributed by atoms with Crippen molar-refractivity contribution in [2.24, 2.45) is 5.92 Å². The van der Waals surface area contributed by atoms with E-state index in [0.717, 1.165) is 42.3 Å². The molecule has 1 saturated carbocycles. The molecule has 7 nitrogen and oxygen atoms in total. The fraction of sp³-hybridized carbons (Fsp3) is 0.303. The molecule has 1 aliphatic carbocycles. The van der Waals surface area contributed by atoms with Crippen molar-refractivity contribution in [1.82, 2.24) is 9.55 Å². The van der Waals surface area contributed by atoms with Crippen molar-refractivity contribution < 1.29 is 9.59 Å². The van der Waals surface area contributed by atoms with Gasteiger partial charge in [-0.3, -0.25) is 14.9 Å². The summed E-state index contributed by atoms with van der Waals surface area (Å²) in [5, 5.41) is 21.3. The van der Waals surface area contributed by atoms with Gasteiger partial charge in [-0.1, -0.05) is 44.4 Å². The van der Waals surface area contributed by atoms with Crippen LogP contribution in [0.2, 0.25) is 0 Å². The van der Waals surface area contributed by atoms with Crippen LogP contribution in [0.25, 0.3) is 11.0 Å². The topological polar surface area (TPSA) is 112 Å². The van der Waals surface area contributed by atoms with Crippen LogP contribution in [-0.4, -0.2) is 21.2 Å². The molecular weight excluding hydrogens is 498 g/mol. The van der Waals surface area contributed by atoms with Crippen LogP contribution in [0, 0.1) is 28.6 Å². The minimum Gasteiger partial charge on any atom is -0.310 e. The number of nitrogens with one attached hydrogen (secondary N) is 1. The maximum Gasteiger partial charge on any atom is 0.257 e. The first-order chi connectivity index (χ1) is 19.5. The van der Waals surface area contributed by atoms with E-state index in [9.17, 15) is 14.9 Å². The van der Waals surface area contributed by atoms with Crippen LogP contribution in [0.3, 0.4) is 0 Å². The van der Waals surface area contributed by atoms with E-state index in [1.807, 2.05) is 47.9 Å². The smallest absolute Gasteiger partial charge is 0.257 e. The van der Waals surface area contributed by atoms with Gasteiger partial charge in [-0.15, -0.1) is 0 Å². The zero-order valence-electron chi connectivity index (χ0n) is 22.6. The number of rotatable bonds is 8. The third-order valence-corrected chi connectivity index (χ3v) is 7.89. The van der Waals surface area contributed by atoms with Gasteiger partial charge in [0.25, 0.3) is 5.91 Å². The predicted octanol–water partition coefficient (Wildman–Crippen LogP) is 6.53. The molecule has 1 N–H and O–H groups in total. The second-order valence-corrected chi connectivity index (χ2v) is 10.5. The number of fused-ring (bicyclic) bond motifs is 1. The molecule has 1 aliphatic rings. The number of benzene rings is 3. The molecule has 1 aromatic heterocycles. The third kappa shape index (κ3) is 5.80. The summed E-state index contributed by atoms with van der Waals surface area (Å²) in [6.07, 6.45) is 6.02. The lowest BCUT2D eigenvalue weighted by Crippen LogP contribution is -2.22. The summed E-state index contributed by atoms with van der Waals surface area (Å²) in [5.41, 5.74) is 5.01. The van der Waals surface area contributed by atoms with Gasteiger partial charge >= 0.3 is 0 Å². The molecule has 0 bridgehead atoms. The number of amides is 1. The van der Waals surface area contributed by atoms with Crippen LogP contribution in [0.5, 0.6) is 0 Å². The molecule has 40 heavy (non-hydrogen) atoms. The van der Waals surface area contributed by atoms with Gasteiger partial charge in [-0.2, -0.15) is 10.5 Å². The Balaban J connectivity index is 1.45. The number of nitrogens with zero attached hydrogens (tertiary/aromatic N) is 4. The Kier molecular flexibility index (Phi) is 8.03. The average molecular weight is 530 g/mol. The summed E-state index contributed by atoms with van der Waals surface area (Å²) < 4.78 is 1.97. The number of carbonyl (C=O) groups is 2. The fourth-order valence-corrected chi connectivity index (χ4v) is 5.55. The number of anilines is 1. The quantitative estimate of drug-likeness (QED) is 0.279. The molecule has 3 aromatic carbocycles. The van der Waals surface area contributed by atoms with Gasteiger partial charge < -0.3 is 4.57 Å². The number of Topliss-reactive ketones (excluding diaryl/α,β-unsaturated/α-hetero) is 1. The monoisotopic (exact) mass is 529 g/mol. The van der Waals surface area contributed by atoms with Crippen LogP contribution in [-0.2, 0) is 17.8 Å². The molecule has 0 spiro atoms. The standard InChI is InChI=1S/C33H31N5O2/c1-22(31(39)26-8-3-2-4-9-26)28-14-15-30-29(19-28)36-33(37-32(40)27-12-10-24(20-34)11-13-27)38(30)17-16-23-6-5-7-25(18-23)21-35/h5-7,10-15,18-19,22,26H,2-4,8-9,16-17H2,1H3,(H,36,37,40). The van der Waals surface area contributed by atoms with Gasteiger partial charge in [-0.05, 0) is 78.9 Å². The molecule has 5 rings (SSSR count). The number of ketones is 1. The van der Waals surface area contributed by atoms with Gasteiger partial charge in [0, 0.05) is 23.9 Å². The molecule has 0 radical (unpaired) electrons. The average Bonchev–Trinajstić information content (AvgIpc) is 3.35. The van der Waals surface area contributed by atoms with Crippen molar-refractivity contribution in [2.75, 3.05) is 5.32 Å². The lowest BCUT2D eigenvalue weighted by atomic mass is 9.80. The molecule has 1 atom stereocenters. The Hall–Kier alpha value is -4.75. The summed E-state index contributed by atoms with van der Waals surface area (Å²) in [4.78, 5) is 31.1. The molecular formula is C33H31N5O2. The Morgan fingerprint density at radius 3 is 2.45 bits per heavy atom. The van der Waals surface area contributed by atoms with Gasteiger partial charge in [-0.25, -0.2) is 4.98 Å². The van der Waals surface area contributed by atoms with E-state index in [0.29, 0.717) is 46.9 Å². The number of imidazole rings is 1. The normalized spacial score (nSPS) is 14.3. The van der Waals surface area contributed by atoms with Crippen LogP contribution in [0.4, 0.5) is 5.95 Å². The molecule has 1 fully saturated rings. The number of aromatic nitrogens is 2. The first-order valence-electron chi connectivity index (χ1n) is 13.8. The molecule has 4 aromatic rings. The van der Waals surface area contributed by atoms with Crippen LogP contribution < -0.4 is 5.32 Å². The highest BCUT2D eigenvalue weighted by Crippen LogP contribution is 2.32. The van der Waals surface area contributed by atoms with E-state index in [4.69, 9.17) is 10.2 Å². The highest BCUT2D eigenvalue weighted by molar-refractivity contribution is 6.04. The lowest BCUT2D eigenvalue weighted by molar-refractivity contribution is -0.124. The maximum absolute atomic E-state index is 13.2. The Morgan fingerprint density at radius 2 is 1.73 bits per heavy atom. The molecule has 7 heteroatoms. The maximum atomic E-state index is 13.2. The molecule has 1 unspecified atom stereocenters. The molecule has 200 valence electrons. The van der Waals surface area contributed by atoms with Gasteiger partial charge in [0.15, 0.2) is 0 Å². The van der Waals surface area contributed by atoms with Crippen molar-refractivity contribution in [2.45, 2.75) is 57.9 Å². The van der Waals surface area contributed by atoms with E-state index in [-0.39, 0.29) is 17.7 Å². The highest BCUT2D eigenvalue weighted by atomic mass is 16.2. The van der Waals surface area contributed by atoms with E-state index < -0.39 is 0 Å². The second kappa shape index (κ2) is 12.0. The Morgan fingerprint density at radius 1 is 0.975 bits per heavy atom. The summed E-state index contributed by atoms with van der Waals surface area (Å²) in [7, 11) is 0. The minimum absolute atomic E-state index is 0.128. The van der Waals surface area contributed by atoms with E-state index >= 15 is 0 Å². The highest BCUT2D eigenvalue weighted by Gasteiger charge is 2.27. The van der Waals surface area contributed by atoms with E-state index in [1.54, 1.807) is 30.3 Å². The van der Waals surface area contributed by atoms with Gasteiger partial charge in [0.1, 0.15) is 5.78 Å². The number of hydrogen-bond acceptors (Lipinski definition) is 5. The summed E-state index contributed by atoms with van der Waals surface area (Å²) in [6, 6.07) is 24.1. The SMILES string of the molecule is CC(C(=O)C1CCCCC1)c1ccc2c(c1)nc(NC(=O)c1ccc(C#N)cc1)n2CCc1cccc(C#N)c1. The van der Waals surface area contributed by atoms with Crippen molar-refractivity contribution in [3.63, 3.8) is 0 Å². The number of aryl methyl sites for hydroxylation is 2. The summed E-state index contributed by atoms with van der Waals surface area (Å²) in [5.74, 6) is 0.287. The van der Waals surface area contributed by atoms with Crippen molar-refractivity contribution in [3.05, 3.63) is 94.5 Å². The zero-order chi connectivity index (χ0) is 28.1. The fourth-order valence-electron chi connectivity index (χ4n) is 5.55.